The van der Waals surface area contributed by atoms with Gasteiger partial charge in [-0.05, 0) is 37.1 Å². The van der Waals surface area contributed by atoms with Gasteiger partial charge in [0, 0.05) is 11.0 Å². The lowest BCUT2D eigenvalue weighted by atomic mass is 9.92. The number of nitrogens with one attached hydrogen (secondary N) is 1. The van der Waals surface area contributed by atoms with Crippen LogP contribution in [-0.2, 0) is 6.42 Å². The minimum atomic E-state index is 1.00. The van der Waals surface area contributed by atoms with Crippen molar-refractivity contribution in [2.45, 2.75) is 12.8 Å². The summed E-state index contributed by atoms with van der Waals surface area (Å²) in [5.41, 5.74) is 4.31. The van der Waals surface area contributed by atoms with Crippen LogP contribution in [0, 0.1) is 0 Å². The minimum Gasteiger partial charge on any atom is -0.316 e. The van der Waals surface area contributed by atoms with Crippen molar-refractivity contribution in [1.29, 1.82) is 0 Å². The van der Waals surface area contributed by atoms with E-state index in [1.165, 1.54) is 34.0 Å². The number of hydrogen-bond donors (Lipinski definition) is 1. The zero-order valence-corrected chi connectivity index (χ0v) is 9.89. The summed E-state index contributed by atoms with van der Waals surface area (Å²) in [6, 6.07) is 6.43. The standard InChI is InChI=1S/C12H14BrN/c1-14-8-9-5-6-10-3-2-4-12(13)11(10)7-9/h2-4,7,14H,5-6,8H2,1H3. The summed E-state index contributed by atoms with van der Waals surface area (Å²) in [4.78, 5) is 0. The molecule has 1 N–H and O–H groups in total. The van der Waals surface area contributed by atoms with Crippen molar-refractivity contribution >= 4 is 22.0 Å². The van der Waals surface area contributed by atoms with E-state index in [-0.39, 0.29) is 0 Å². The zero-order chi connectivity index (χ0) is 9.97. The van der Waals surface area contributed by atoms with Gasteiger partial charge in [-0.3, -0.25) is 0 Å². The second-order valence-corrected chi connectivity index (χ2v) is 4.50. The topological polar surface area (TPSA) is 12.0 Å². The molecule has 0 bridgehead atoms. The average molecular weight is 252 g/mol. The number of benzene rings is 1. The third kappa shape index (κ3) is 1.91. The van der Waals surface area contributed by atoms with Crippen LogP contribution >= 0.6 is 15.9 Å². The van der Waals surface area contributed by atoms with Gasteiger partial charge in [-0.2, -0.15) is 0 Å². The molecule has 0 spiro atoms. The largest absolute Gasteiger partial charge is 0.316 e. The summed E-state index contributed by atoms with van der Waals surface area (Å²) in [5, 5.41) is 3.20. The van der Waals surface area contributed by atoms with Crippen molar-refractivity contribution in [2.75, 3.05) is 13.6 Å². The van der Waals surface area contributed by atoms with Gasteiger partial charge in [0.2, 0.25) is 0 Å². The van der Waals surface area contributed by atoms with Crippen molar-refractivity contribution < 1.29 is 0 Å². The number of halogens is 1. The highest BCUT2D eigenvalue weighted by Gasteiger charge is 2.11. The molecular weight excluding hydrogens is 238 g/mol. The molecule has 0 saturated carbocycles. The van der Waals surface area contributed by atoms with E-state index in [1.807, 2.05) is 7.05 Å². The first-order valence-corrected chi connectivity index (χ1v) is 5.72. The summed E-state index contributed by atoms with van der Waals surface area (Å²) in [6.07, 6.45) is 4.66. The van der Waals surface area contributed by atoms with Crippen LogP contribution in [0.2, 0.25) is 0 Å². The molecule has 0 radical (unpaired) electrons. The lowest BCUT2D eigenvalue weighted by Crippen LogP contribution is -2.13. The molecule has 1 nitrogen and oxygen atoms in total. The van der Waals surface area contributed by atoms with Crippen molar-refractivity contribution in [3.05, 3.63) is 39.4 Å². The fourth-order valence-corrected chi connectivity index (χ4v) is 2.42. The van der Waals surface area contributed by atoms with E-state index in [2.05, 4.69) is 45.5 Å². The van der Waals surface area contributed by atoms with Crippen molar-refractivity contribution in [3.8, 4) is 0 Å². The summed E-state index contributed by atoms with van der Waals surface area (Å²) in [7, 11) is 2.00. The molecule has 1 aromatic carbocycles. The van der Waals surface area contributed by atoms with Gasteiger partial charge in [0.05, 0.1) is 0 Å². The smallest absolute Gasteiger partial charge is 0.0250 e. The van der Waals surface area contributed by atoms with Gasteiger partial charge in [0.1, 0.15) is 0 Å². The molecule has 0 amide bonds. The normalized spacial score (nSPS) is 14.9. The van der Waals surface area contributed by atoms with Crippen LogP contribution in [0.15, 0.2) is 28.2 Å². The summed E-state index contributed by atoms with van der Waals surface area (Å²) < 4.78 is 1.21. The van der Waals surface area contributed by atoms with E-state index in [9.17, 15) is 0 Å². The zero-order valence-electron chi connectivity index (χ0n) is 8.31. The first kappa shape index (κ1) is 9.94. The lowest BCUT2D eigenvalue weighted by Gasteiger charge is -2.17. The Kier molecular flexibility index (Phi) is 3.04. The van der Waals surface area contributed by atoms with Gasteiger partial charge >= 0.3 is 0 Å². The fourth-order valence-electron chi connectivity index (χ4n) is 1.90. The van der Waals surface area contributed by atoms with Crippen LogP contribution in [-0.4, -0.2) is 13.6 Å². The number of rotatable bonds is 2. The molecule has 0 saturated heterocycles. The van der Waals surface area contributed by atoms with Gasteiger partial charge in [-0.1, -0.05) is 39.7 Å². The molecule has 74 valence electrons. The van der Waals surface area contributed by atoms with Crippen LogP contribution in [0.5, 0.6) is 0 Å². The summed E-state index contributed by atoms with van der Waals surface area (Å²) in [5.74, 6) is 0. The second-order valence-electron chi connectivity index (χ2n) is 3.65. The van der Waals surface area contributed by atoms with Crippen LogP contribution in [0.3, 0.4) is 0 Å². The number of fused-ring (bicyclic) bond motifs is 1. The molecule has 0 aromatic heterocycles. The summed E-state index contributed by atoms with van der Waals surface area (Å²) >= 11 is 3.60. The van der Waals surface area contributed by atoms with E-state index in [0.29, 0.717) is 0 Å². The highest BCUT2D eigenvalue weighted by molar-refractivity contribution is 9.10. The maximum absolute atomic E-state index is 3.60. The molecule has 0 heterocycles. The van der Waals surface area contributed by atoms with Crippen molar-refractivity contribution in [2.24, 2.45) is 0 Å². The maximum atomic E-state index is 3.60. The lowest BCUT2D eigenvalue weighted by molar-refractivity contribution is 0.809. The molecule has 0 aliphatic heterocycles. The quantitative estimate of drug-likeness (QED) is 0.853. The maximum Gasteiger partial charge on any atom is 0.0250 e. The Bertz CT molecular complexity index is 369. The molecule has 0 fully saturated rings. The Hall–Kier alpha value is -0.600. The number of aryl methyl sites for hydroxylation is 1. The monoisotopic (exact) mass is 251 g/mol. The SMILES string of the molecule is CNCC1=Cc2c(Br)cccc2CC1. The van der Waals surface area contributed by atoms with Crippen LogP contribution in [0.25, 0.3) is 6.08 Å². The van der Waals surface area contributed by atoms with Gasteiger partial charge in [-0.15, -0.1) is 0 Å². The van der Waals surface area contributed by atoms with E-state index >= 15 is 0 Å². The molecule has 1 aliphatic rings. The van der Waals surface area contributed by atoms with Gasteiger partial charge < -0.3 is 5.32 Å². The molecule has 14 heavy (non-hydrogen) atoms. The van der Waals surface area contributed by atoms with E-state index in [0.717, 1.165) is 6.54 Å². The highest BCUT2D eigenvalue weighted by atomic mass is 79.9. The third-order valence-corrected chi connectivity index (χ3v) is 3.30. The van der Waals surface area contributed by atoms with Crippen LogP contribution < -0.4 is 5.32 Å². The Labute approximate surface area is 93.3 Å². The Morgan fingerprint density at radius 3 is 3.00 bits per heavy atom. The highest BCUT2D eigenvalue weighted by Crippen LogP contribution is 2.29. The Balaban J connectivity index is 2.37. The van der Waals surface area contributed by atoms with E-state index in [1.54, 1.807) is 0 Å². The van der Waals surface area contributed by atoms with Gasteiger partial charge in [-0.25, -0.2) is 0 Å². The number of hydrogen-bond acceptors (Lipinski definition) is 1. The first-order chi connectivity index (χ1) is 6.81. The fraction of sp³-hybridized carbons (Fsp3) is 0.333. The van der Waals surface area contributed by atoms with Crippen LogP contribution in [0.4, 0.5) is 0 Å². The first-order valence-electron chi connectivity index (χ1n) is 4.92. The van der Waals surface area contributed by atoms with E-state index < -0.39 is 0 Å². The second kappa shape index (κ2) is 4.28. The van der Waals surface area contributed by atoms with Crippen LogP contribution in [0.1, 0.15) is 17.5 Å². The molecule has 1 aliphatic carbocycles. The van der Waals surface area contributed by atoms with Crippen molar-refractivity contribution in [1.82, 2.24) is 5.32 Å². The Morgan fingerprint density at radius 2 is 2.21 bits per heavy atom. The van der Waals surface area contributed by atoms with Gasteiger partial charge in [0.15, 0.2) is 0 Å². The molecule has 1 aromatic rings. The molecule has 0 atom stereocenters. The predicted molar refractivity (Wildman–Crippen MR) is 64.4 cm³/mol. The molecule has 2 heteroatoms. The Morgan fingerprint density at radius 1 is 1.36 bits per heavy atom. The van der Waals surface area contributed by atoms with Gasteiger partial charge in [0.25, 0.3) is 0 Å². The van der Waals surface area contributed by atoms with E-state index in [4.69, 9.17) is 0 Å². The molecule has 2 rings (SSSR count). The van der Waals surface area contributed by atoms with Crippen molar-refractivity contribution in [3.63, 3.8) is 0 Å². The molecular formula is C12H14BrN. The number of likely N-dealkylation sites (N-methyl/N-ethyl adjacent to an activating group) is 1. The predicted octanol–water partition coefficient (Wildman–Crippen LogP) is 3.00. The molecule has 0 unspecified atom stereocenters. The minimum absolute atomic E-state index is 1.00. The third-order valence-electron chi connectivity index (χ3n) is 2.61. The summed E-state index contributed by atoms with van der Waals surface area (Å²) in [6.45, 7) is 1.00. The average Bonchev–Trinajstić information content (AvgIpc) is 2.20.